The molecule has 1 fully saturated rings. The third kappa shape index (κ3) is 4.99. The average Bonchev–Trinajstić information content (AvgIpc) is 2.10. The highest BCUT2D eigenvalue weighted by molar-refractivity contribution is 5.75. The Morgan fingerprint density at radius 2 is 1.93 bits per heavy atom. The number of rotatable bonds is 4. The molecule has 0 spiro atoms. The van der Waals surface area contributed by atoms with Gasteiger partial charge in [0.05, 0.1) is 12.2 Å². The van der Waals surface area contributed by atoms with Gasteiger partial charge in [0.1, 0.15) is 0 Å². The van der Waals surface area contributed by atoms with Gasteiger partial charge in [-0.3, -0.25) is 9.89 Å². The fraction of sp³-hybridized carbons (Fsp3) is 0.900. The van der Waals surface area contributed by atoms with E-state index in [0.29, 0.717) is 18.8 Å². The fourth-order valence-electron chi connectivity index (χ4n) is 1.97. The van der Waals surface area contributed by atoms with E-state index in [1.807, 2.05) is 0 Å². The molecule has 1 rings (SSSR count). The van der Waals surface area contributed by atoms with Crippen LogP contribution in [0.1, 0.15) is 20.3 Å². The molecule has 0 bridgehead atoms. The summed E-state index contributed by atoms with van der Waals surface area (Å²) in [5.41, 5.74) is 10.5. The summed E-state index contributed by atoms with van der Waals surface area (Å²) in [6.45, 7) is 7.98. The van der Waals surface area contributed by atoms with Crippen LogP contribution in [-0.2, 0) is 4.74 Å². The minimum atomic E-state index is 0.179. The topological polar surface area (TPSA) is 76.9 Å². The Labute approximate surface area is 91.5 Å². The zero-order valence-corrected chi connectivity index (χ0v) is 9.65. The van der Waals surface area contributed by atoms with E-state index in [2.05, 4.69) is 23.7 Å². The largest absolute Gasteiger partial charge is 0.373 e. The van der Waals surface area contributed by atoms with Gasteiger partial charge in [-0.1, -0.05) is 0 Å². The molecule has 1 aliphatic heterocycles. The molecule has 5 nitrogen and oxygen atoms in total. The molecule has 0 aliphatic carbocycles. The first-order valence-corrected chi connectivity index (χ1v) is 5.51. The Hall–Kier alpha value is -0.810. The normalized spacial score (nSPS) is 27.6. The quantitative estimate of drug-likeness (QED) is 0.385. The zero-order chi connectivity index (χ0) is 11.3. The molecule has 4 N–H and O–H groups in total. The summed E-state index contributed by atoms with van der Waals surface area (Å²) in [4.78, 5) is 6.37. The van der Waals surface area contributed by atoms with E-state index in [-0.39, 0.29) is 5.96 Å². The second kappa shape index (κ2) is 5.92. The van der Waals surface area contributed by atoms with Gasteiger partial charge in [0.2, 0.25) is 0 Å². The van der Waals surface area contributed by atoms with Crippen LogP contribution in [0.15, 0.2) is 4.99 Å². The summed E-state index contributed by atoms with van der Waals surface area (Å²) in [5.74, 6) is 0.179. The van der Waals surface area contributed by atoms with Gasteiger partial charge in [-0.15, -0.1) is 0 Å². The maximum Gasteiger partial charge on any atom is 0.185 e. The fourth-order valence-corrected chi connectivity index (χ4v) is 1.97. The number of hydrogen-bond donors (Lipinski definition) is 2. The highest BCUT2D eigenvalue weighted by atomic mass is 16.5. The molecule has 5 heteroatoms. The third-order valence-corrected chi connectivity index (χ3v) is 2.42. The van der Waals surface area contributed by atoms with Crippen molar-refractivity contribution in [3.63, 3.8) is 0 Å². The first kappa shape index (κ1) is 12.3. The summed E-state index contributed by atoms with van der Waals surface area (Å²) in [5, 5.41) is 0. The van der Waals surface area contributed by atoms with E-state index in [0.717, 1.165) is 26.1 Å². The number of guanidine groups is 1. The number of nitrogens with two attached hydrogens (primary N) is 2. The van der Waals surface area contributed by atoms with Gasteiger partial charge < -0.3 is 16.2 Å². The van der Waals surface area contributed by atoms with Crippen molar-refractivity contribution in [2.75, 3.05) is 26.2 Å². The van der Waals surface area contributed by atoms with Gasteiger partial charge in [0.15, 0.2) is 5.96 Å². The second-order valence-electron chi connectivity index (χ2n) is 4.18. The summed E-state index contributed by atoms with van der Waals surface area (Å²) in [6.07, 6.45) is 1.66. The molecule has 1 aliphatic rings. The van der Waals surface area contributed by atoms with Crippen molar-refractivity contribution < 1.29 is 4.74 Å². The Morgan fingerprint density at radius 3 is 2.47 bits per heavy atom. The highest BCUT2D eigenvalue weighted by Gasteiger charge is 2.21. The number of morpholine rings is 1. The Balaban J connectivity index is 2.18. The molecular formula is C10H22N4O. The summed E-state index contributed by atoms with van der Waals surface area (Å²) in [6, 6.07) is 0. The molecule has 2 unspecified atom stereocenters. The van der Waals surface area contributed by atoms with E-state index in [9.17, 15) is 0 Å². The van der Waals surface area contributed by atoms with Crippen LogP contribution in [0.3, 0.4) is 0 Å². The van der Waals surface area contributed by atoms with Crippen LogP contribution in [-0.4, -0.2) is 49.2 Å². The predicted molar refractivity (Wildman–Crippen MR) is 61.7 cm³/mol. The minimum absolute atomic E-state index is 0.179. The molecule has 1 saturated heterocycles. The summed E-state index contributed by atoms with van der Waals surface area (Å²) >= 11 is 0. The van der Waals surface area contributed by atoms with Crippen LogP contribution in [0.5, 0.6) is 0 Å². The van der Waals surface area contributed by atoms with Crippen molar-refractivity contribution >= 4 is 5.96 Å². The van der Waals surface area contributed by atoms with E-state index < -0.39 is 0 Å². The number of aliphatic imine (C=N–C) groups is 1. The van der Waals surface area contributed by atoms with Crippen molar-refractivity contribution in [2.45, 2.75) is 32.5 Å². The van der Waals surface area contributed by atoms with Gasteiger partial charge in [-0.25, -0.2) is 0 Å². The lowest BCUT2D eigenvalue weighted by molar-refractivity contribution is -0.0679. The maximum absolute atomic E-state index is 5.65. The van der Waals surface area contributed by atoms with Crippen LogP contribution < -0.4 is 11.5 Å². The van der Waals surface area contributed by atoms with Gasteiger partial charge in [-0.05, 0) is 20.3 Å². The number of nitrogens with zero attached hydrogens (tertiary/aromatic N) is 2. The van der Waals surface area contributed by atoms with E-state index in [1.54, 1.807) is 0 Å². The van der Waals surface area contributed by atoms with E-state index >= 15 is 0 Å². The molecule has 1 heterocycles. The van der Waals surface area contributed by atoms with Gasteiger partial charge in [-0.2, -0.15) is 0 Å². The van der Waals surface area contributed by atoms with Crippen LogP contribution >= 0.6 is 0 Å². The summed E-state index contributed by atoms with van der Waals surface area (Å²) in [7, 11) is 0. The lowest BCUT2D eigenvalue weighted by Crippen LogP contribution is -2.45. The lowest BCUT2D eigenvalue weighted by atomic mass is 10.2. The molecule has 0 radical (unpaired) electrons. The maximum atomic E-state index is 5.65. The van der Waals surface area contributed by atoms with Crippen molar-refractivity contribution in [3.8, 4) is 0 Å². The van der Waals surface area contributed by atoms with Crippen LogP contribution in [0.25, 0.3) is 0 Å². The summed E-state index contributed by atoms with van der Waals surface area (Å²) < 4.78 is 5.65. The van der Waals surface area contributed by atoms with Crippen LogP contribution in [0.4, 0.5) is 0 Å². The van der Waals surface area contributed by atoms with Crippen LogP contribution in [0, 0.1) is 0 Å². The zero-order valence-electron chi connectivity index (χ0n) is 9.65. The molecule has 0 aromatic heterocycles. The monoisotopic (exact) mass is 214 g/mol. The van der Waals surface area contributed by atoms with E-state index in [1.165, 1.54) is 0 Å². The molecule has 0 aromatic carbocycles. The highest BCUT2D eigenvalue weighted by Crippen LogP contribution is 2.10. The first-order valence-electron chi connectivity index (χ1n) is 5.51. The SMILES string of the molecule is CC1CN(CCCN=C(N)N)CC(C)O1. The van der Waals surface area contributed by atoms with Crippen molar-refractivity contribution in [1.29, 1.82) is 0 Å². The van der Waals surface area contributed by atoms with E-state index in [4.69, 9.17) is 16.2 Å². The molecular weight excluding hydrogens is 192 g/mol. The Kier molecular flexibility index (Phi) is 4.84. The van der Waals surface area contributed by atoms with Crippen molar-refractivity contribution in [1.82, 2.24) is 4.90 Å². The molecule has 0 saturated carbocycles. The molecule has 88 valence electrons. The molecule has 15 heavy (non-hydrogen) atoms. The first-order chi connectivity index (χ1) is 7.08. The predicted octanol–water partition coefficient (Wildman–Crippen LogP) is -0.241. The van der Waals surface area contributed by atoms with Gasteiger partial charge in [0, 0.05) is 26.2 Å². The van der Waals surface area contributed by atoms with Crippen LogP contribution in [0.2, 0.25) is 0 Å². The Morgan fingerprint density at radius 1 is 1.33 bits per heavy atom. The van der Waals surface area contributed by atoms with Gasteiger partial charge >= 0.3 is 0 Å². The molecule has 2 atom stereocenters. The third-order valence-electron chi connectivity index (χ3n) is 2.42. The number of ether oxygens (including phenoxy) is 1. The minimum Gasteiger partial charge on any atom is -0.373 e. The average molecular weight is 214 g/mol. The molecule has 0 aromatic rings. The molecule has 0 amide bonds. The van der Waals surface area contributed by atoms with Gasteiger partial charge in [0.25, 0.3) is 0 Å². The lowest BCUT2D eigenvalue weighted by Gasteiger charge is -2.35. The second-order valence-corrected chi connectivity index (χ2v) is 4.18. The number of hydrogen-bond acceptors (Lipinski definition) is 3. The smallest absolute Gasteiger partial charge is 0.185 e. The Bertz CT molecular complexity index is 205. The van der Waals surface area contributed by atoms with Crippen molar-refractivity contribution in [2.24, 2.45) is 16.5 Å². The standard InChI is InChI=1S/C10H22N4O/c1-8-6-14(7-9(2)15-8)5-3-4-13-10(11)12/h8-9H,3-7H2,1-2H3,(H4,11,12,13). The van der Waals surface area contributed by atoms with Crippen molar-refractivity contribution in [3.05, 3.63) is 0 Å².